The van der Waals surface area contributed by atoms with E-state index in [1.165, 1.54) is 6.42 Å². The lowest BCUT2D eigenvalue weighted by Crippen LogP contribution is -2.42. The molecule has 0 spiro atoms. The van der Waals surface area contributed by atoms with Crippen LogP contribution >= 0.6 is 0 Å². The van der Waals surface area contributed by atoms with Gasteiger partial charge in [-0.25, -0.2) is 0 Å². The zero-order valence-electron chi connectivity index (χ0n) is 10.5. The van der Waals surface area contributed by atoms with Gasteiger partial charge < -0.3 is 15.0 Å². The van der Waals surface area contributed by atoms with Gasteiger partial charge in [0.1, 0.15) is 0 Å². The first-order chi connectivity index (χ1) is 7.77. The van der Waals surface area contributed by atoms with Crippen molar-refractivity contribution in [1.82, 2.24) is 10.2 Å². The molecule has 16 heavy (non-hydrogen) atoms. The Bertz CT molecular complexity index is 207. The Morgan fingerprint density at radius 3 is 3.06 bits per heavy atom. The second kappa shape index (κ2) is 7.63. The second-order valence-electron chi connectivity index (χ2n) is 4.35. The van der Waals surface area contributed by atoms with E-state index in [1.54, 1.807) is 0 Å². The number of rotatable bonds is 6. The fraction of sp³-hybridized carbons (Fsp3) is 0.917. The zero-order chi connectivity index (χ0) is 11.8. The Morgan fingerprint density at radius 2 is 2.38 bits per heavy atom. The van der Waals surface area contributed by atoms with Gasteiger partial charge in [0, 0.05) is 19.7 Å². The van der Waals surface area contributed by atoms with Crippen LogP contribution < -0.4 is 5.32 Å². The summed E-state index contributed by atoms with van der Waals surface area (Å²) in [5, 5.41) is 3.19. The summed E-state index contributed by atoms with van der Waals surface area (Å²) in [4.78, 5) is 13.8. The Kier molecular flexibility index (Phi) is 6.42. The van der Waals surface area contributed by atoms with Crippen LogP contribution in [0, 0.1) is 5.92 Å². The molecule has 1 fully saturated rings. The second-order valence-corrected chi connectivity index (χ2v) is 4.35. The van der Waals surface area contributed by atoms with Crippen molar-refractivity contribution in [2.45, 2.75) is 26.2 Å². The minimum Gasteiger partial charge on any atom is -0.381 e. The summed E-state index contributed by atoms with van der Waals surface area (Å²) in [5.41, 5.74) is 0. The number of ether oxygens (including phenoxy) is 1. The minimum atomic E-state index is 0.245. The minimum absolute atomic E-state index is 0.245. The van der Waals surface area contributed by atoms with E-state index >= 15 is 0 Å². The summed E-state index contributed by atoms with van der Waals surface area (Å²) < 4.78 is 5.21. The maximum absolute atomic E-state index is 11.8. The molecule has 0 aromatic carbocycles. The maximum Gasteiger partial charge on any atom is 0.224 e. The monoisotopic (exact) mass is 228 g/mol. The first-order valence-corrected chi connectivity index (χ1v) is 6.28. The van der Waals surface area contributed by atoms with Crippen LogP contribution in [-0.2, 0) is 9.53 Å². The van der Waals surface area contributed by atoms with E-state index in [-0.39, 0.29) is 5.91 Å². The van der Waals surface area contributed by atoms with E-state index in [0.717, 1.165) is 26.1 Å². The van der Waals surface area contributed by atoms with Gasteiger partial charge in [-0.15, -0.1) is 0 Å². The van der Waals surface area contributed by atoms with Crippen molar-refractivity contribution in [3.63, 3.8) is 0 Å². The van der Waals surface area contributed by atoms with Gasteiger partial charge in [-0.05, 0) is 39.3 Å². The van der Waals surface area contributed by atoms with Crippen molar-refractivity contribution in [2.24, 2.45) is 5.92 Å². The average molecular weight is 228 g/mol. The smallest absolute Gasteiger partial charge is 0.224 e. The van der Waals surface area contributed by atoms with Gasteiger partial charge in [0.05, 0.1) is 13.0 Å². The number of nitrogens with zero attached hydrogens (tertiary/aromatic N) is 1. The molecule has 1 amide bonds. The first kappa shape index (κ1) is 13.5. The van der Waals surface area contributed by atoms with Crippen molar-refractivity contribution in [1.29, 1.82) is 0 Å². The fourth-order valence-corrected chi connectivity index (χ4v) is 2.21. The standard InChI is InChI=1S/C12H24N2O2/c1-3-16-8-6-12(15)14-7-4-5-11(10-14)9-13-2/h11,13H,3-10H2,1-2H3. The van der Waals surface area contributed by atoms with Gasteiger partial charge in [0.25, 0.3) is 0 Å². The molecule has 0 aliphatic carbocycles. The molecule has 0 aromatic rings. The van der Waals surface area contributed by atoms with Gasteiger partial charge in [0.2, 0.25) is 5.91 Å². The lowest BCUT2D eigenvalue weighted by Gasteiger charge is -2.32. The molecule has 1 heterocycles. The summed E-state index contributed by atoms with van der Waals surface area (Å²) in [7, 11) is 1.97. The molecule has 1 unspecified atom stereocenters. The molecular weight excluding hydrogens is 204 g/mol. The number of amides is 1. The first-order valence-electron chi connectivity index (χ1n) is 6.28. The Morgan fingerprint density at radius 1 is 1.56 bits per heavy atom. The molecule has 1 aliphatic rings. The van der Waals surface area contributed by atoms with Gasteiger partial charge in [-0.2, -0.15) is 0 Å². The molecule has 1 atom stereocenters. The molecule has 1 N–H and O–H groups in total. The van der Waals surface area contributed by atoms with Gasteiger partial charge >= 0.3 is 0 Å². The largest absolute Gasteiger partial charge is 0.381 e. The quantitative estimate of drug-likeness (QED) is 0.686. The van der Waals surface area contributed by atoms with E-state index in [1.807, 2.05) is 18.9 Å². The van der Waals surface area contributed by atoms with Crippen molar-refractivity contribution >= 4 is 5.91 Å². The highest BCUT2D eigenvalue weighted by Crippen LogP contribution is 2.16. The summed E-state index contributed by atoms with van der Waals surface area (Å²) in [6.07, 6.45) is 2.89. The summed E-state index contributed by atoms with van der Waals surface area (Å²) in [6.45, 7) is 6.04. The molecule has 0 aromatic heterocycles. The number of hydrogen-bond donors (Lipinski definition) is 1. The third-order valence-electron chi connectivity index (χ3n) is 3.03. The lowest BCUT2D eigenvalue weighted by molar-refractivity contribution is -0.134. The summed E-state index contributed by atoms with van der Waals surface area (Å²) in [5.74, 6) is 0.865. The number of piperidine rings is 1. The van der Waals surface area contributed by atoms with Crippen LogP contribution in [0.2, 0.25) is 0 Å². The van der Waals surface area contributed by atoms with Crippen LogP contribution in [0.25, 0.3) is 0 Å². The third kappa shape index (κ3) is 4.49. The zero-order valence-corrected chi connectivity index (χ0v) is 10.5. The van der Waals surface area contributed by atoms with E-state index < -0.39 is 0 Å². The summed E-state index contributed by atoms with van der Waals surface area (Å²) >= 11 is 0. The number of carbonyl (C=O) groups is 1. The van der Waals surface area contributed by atoms with Crippen LogP contribution in [0.1, 0.15) is 26.2 Å². The molecular formula is C12H24N2O2. The number of likely N-dealkylation sites (tertiary alicyclic amines) is 1. The fourth-order valence-electron chi connectivity index (χ4n) is 2.21. The van der Waals surface area contributed by atoms with Crippen molar-refractivity contribution in [3.8, 4) is 0 Å². The topological polar surface area (TPSA) is 41.6 Å². The molecule has 1 rings (SSSR count). The Labute approximate surface area is 98.3 Å². The number of hydrogen-bond acceptors (Lipinski definition) is 3. The average Bonchev–Trinajstić information content (AvgIpc) is 2.30. The summed E-state index contributed by atoms with van der Waals surface area (Å²) in [6, 6.07) is 0. The molecule has 0 radical (unpaired) electrons. The Hall–Kier alpha value is -0.610. The van der Waals surface area contributed by atoms with Crippen molar-refractivity contribution in [2.75, 3.05) is 39.9 Å². The van der Waals surface area contributed by atoms with Crippen LogP contribution in [0.3, 0.4) is 0 Å². The van der Waals surface area contributed by atoms with Crippen molar-refractivity contribution < 1.29 is 9.53 Å². The number of carbonyl (C=O) groups excluding carboxylic acids is 1. The van der Waals surface area contributed by atoms with Crippen LogP contribution in [-0.4, -0.2) is 50.7 Å². The SMILES string of the molecule is CCOCCC(=O)N1CCCC(CNC)C1. The van der Waals surface area contributed by atoms with E-state index in [0.29, 0.717) is 25.6 Å². The molecule has 94 valence electrons. The highest BCUT2D eigenvalue weighted by Gasteiger charge is 2.22. The predicted octanol–water partition coefficient (Wildman–Crippen LogP) is 0.871. The molecule has 4 heteroatoms. The third-order valence-corrected chi connectivity index (χ3v) is 3.03. The number of nitrogens with one attached hydrogen (secondary N) is 1. The predicted molar refractivity (Wildman–Crippen MR) is 64.3 cm³/mol. The van der Waals surface area contributed by atoms with E-state index in [4.69, 9.17) is 4.74 Å². The van der Waals surface area contributed by atoms with Gasteiger partial charge in [0.15, 0.2) is 0 Å². The molecule has 1 aliphatic heterocycles. The van der Waals surface area contributed by atoms with Crippen LogP contribution in [0.5, 0.6) is 0 Å². The molecule has 4 nitrogen and oxygen atoms in total. The molecule has 0 saturated carbocycles. The highest BCUT2D eigenvalue weighted by molar-refractivity contribution is 5.76. The normalized spacial score (nSPS) is 21.1. The van der Waals surface area contributed by atoms with Gasteiger partial charge in [-0.1, -0.05) is 0 Å². The van der Waals surface area contributed by atoms with Gasteiger partial charge in [-0.3, -0.25) is 4.79 Å². The maximum atomic E-state index is 11.8. The van der Waals surface area contributed by atoms with Crippen LogP contribution in [0.4, 0.5) is 0 Å². The molecule has 1 saturated heterocycles. The Balaban J connectivity index is 2.26. The lowest BCUT2D eigenvalue weighted by atomic mass is 9.98. The van der Waals surface area contributed by atoms with E-state index in [2.05, 4.69) is 5.32 Å². The highest BCUT2D eigenvalue weighted by atomic mass is 16.5. The molecule has 0 bridgehead atoms. The van der Waals surface area contributed by atoms with Crippen LogP contribution in [0.15, 0.2) is 0 Å². The van der Waals surface area contributed by atoms with Crippen molar-refractivity contribution in [3.05, 3.63) is 0 Å². The van der Waals surface area contributed by atoms with E-state index in [9.17, 15) is 4.79 Å².